The van der Waals surface area contributed by atoms with E-state index in [2.05, 4.69) is 0 Å². The maximum atomic E-state index is 12.2. The Morgan fingerprint density at radius 1 is 1.38 bits per heavy atom. The third kappa shape index (κ3) is 4.12. The predicted octanol–water partition coefficient (Wildman–Crippen LogP) is 0.813. The van der Waals surface area contributed by atoms with E-state index in [0.717, 1.165) is 5.56 Å². The minimum atomic E-state index is -3.86. The van der Waals surface area contributed by atoms with Crippen LogP contribution in [0.4, 0.5) is 0 Å². The van der Waals surface area contributed by atoms with E-state index in [1.54, 1.807) is 19.1 Å². The van der Waals surface area contributed by atoms with Crippen LogP contribution in [-0.4, -0.2) is 44.3 Å². The third-order valence-corrected chi connectivity index (χ3v) is 5.39. The number of primary amides is 1. The average molecular weight is 354 g/mol. The summed E-state index contributed by atoms with van der Waals surface area (Å²) < 4.78 is 29.4. The van der Waals surface area contributed by atoms with Gasteiger partial charge in [0.2, 0.25) is 11.8 Å². The van der Waals surface area contributed by atoms with E-state index in [1.807, 2.05) is 6.92 Å². The predicted molar refractivity (Wildman–Crippen MR) is 87.4 cm³/mol. The first kappa shape index (κ1) is 18.4. The lowest BCUT2D eigenvalue weighted by atomic mass is 10.1. The fraction of sp³-hybridized carbons (Fsp3) is 0.500. The van der Waals surface area contributed by atoms with Crippen LogP contribution in [0.5, 0.6) is 0 Å². The average Bonchev–Trinajstić information content (AvgIpc) is 2.87. The van der Waals surface area contributed by atoms with Crippen LogP contribution in [0.25, 0.3) is 0 Å². The Kier molecular flexibility index (Phi) is 5.61. The van der Waals surface area contributed by atoms with Crippen LogP contribution in [-0.2, 0) is 23.9 Å². The highest BCUT2D eigenvalue weighted by molar-refractivity contribution is 7.86. The zero-order valence-electron chi connectivity index (χ0n) is 13.8. The molecular weight excluding hydrogens is 332 g/mol. The Balaban J connectivity index is 1.99. The van der Waals surface area contributed by atoms with E-state index in [-0.39, 0.29) is 36.3 Å². The summed E-state index contributed by atoms with van der Waals surface area (Å²) in [6, 6.07) is 5.69. The Hall–Kier alpha value is -1.93. The fourth-order valence-corrected chi connectivity index (χ4v) is 3.73. The molecule has 8 heteroatoms. The molecule has 1 aliphatic rings. The van der Waals surface area contributed by atoms with Crippen LogP contribution in [0.15, 0.2) is 29.2 Å². The Bertz CT molecular complexity index is 714. The van der Waals surface area contributed by atoms with Crippen molar-refractivity contribution < 1.29 is 22.2 Å². The molecule has 2 amide bonds. The molecular formula is C16H22N2O5S. The molecule has 7 nitrogen and oxygen atoms in total. The van der Waals surface area contributed by atoms with Gasteiger partial charge in [0.1, 0.15) is 6.04 Å². The molecule has 1 fully saturated rings. The van der Waals surface area contributed by atoms with Gasteiger partial charge in [0.05, 0.1) is 11.5 Å². The Morgan fingerprint density at radius 3 is 2.54 bits per heavy atom. The van der Waals surface area contributed by atoms with Crippen molar-refractivity contribution in [3.8, 4) is 0 Å². The quantitative estimate of drug-likeness (QED) is 0.729. The molecule has 1 aromatic carbocycles. The van der Waals surface area contributed by atoms with Crippen molar-refractivity contribution >= 4 is 21.9 Å². The minimum absolute atomic E-state index is 0.0813. The van der Waals surface area contributed by atoms with Crippen LogP contribution in [0.1, 0.15) is 25.3 Å². The van der Waals surface area contributed by atoms with Crippen molar-refractivity contribution in [3.63, 3.8) is 0 Å². The number of likely N-dealkylation sites (tertiary alicyclic amines) is 1. The smallest absolute Gasteiger partial charge is 0.296 e. The number of carbonyl (C=O) groups is 2. The molecule has 0 saturated carbocycles. The summed E-state index contributed by atoms with van der Waals surface area (Å²) >= 11 is 0. The molecule has 0 bridgehead atoms. The molecule has 2 N–H and O–H groups in total. The normalized spacial score (nSPS) is 19.5. The lowest BCUT2D eigenvalue weighted by Crippen LogP contribution is -2.45. The number of hydrogen-bond acceptors (Lipinski definition) is 5. The van der Waals surface area contributed by atoms with Crippen LogP contribution in [0.2, 0.25) is 0 Å². The van der Waals surface area contributed by atoms with E-state index >= 15 is 0 Å². The molecule has 1 saturated heterocycles. The van der Waals surface area contributed by atoms with E-state index in [1.165, 1.54) is 17.0 Å². The van der Waals surface area contributed by atoms with Gasteiger partial charge in [-0.3, -0.25) is 13.8 Å². The van der Waals surface area contributed by atoms with Crippen molar-refractivity contribution in [2.75, 3.05) is 13.2 Å². The summed E-state index contributed by atoms with van der Waals surface area (Å²) in [4.78, 5) is 24.9. The van der Waals surface area contributed by atoms with E-state index < -0.39 is 22.1 Å². The molecule has 1 unspecified atom stereocenters. The third-order valence-electron chi connectivity index (χ3n) is 4.10. The number of nitrogens with two attached hydrogens (primary N) is 1. The monoisotopic (exact) mass is 354 g/mol. The van der Waals surface area contributed by atoms with Crippen molar-refractivity contribution in [2.24, 2.45) is 11.7 Å². The zero-order chi connectivity index (χ0) is 17.9. The van der Waals surface area contributed by atoms with Gasteiger partial charge in [-0.05, 0) is 25.5 Å². The summed E-state index contributed by atoms with van der Waals surface area (Å²) in [5.74, 6) is -1.05. The molecule has 1 aromatic rings. The number of nitrogens with zero attached hydrogens (tertiary/aromatic N) is 1. The Labute approximate surface area is 141 Å². The van der Waals surface area contributed by atoms with E-state index in [4.69, 9.17) is 9.92 Å². The highest BCUT2D eigenvalue weighted by Gasteiger charge is 2.36. The second-order valence-corrected chi connectivity index (χ2v) is 7.61. The van der Waals surface area contributed by atoms with Gasteiger partial charge < -0.3 is 10.6 Å². The van der Waals surface area contributed by atoms with Gasteiger partial charge >= 0.3 is 0 Å². The first-order chi connectivity index (χ1) is 11.2. The van der Waals surface area contributed by atoms with Crippen molar-refractivity contribution in [3.05, 3.63) is 29.8 Å². The van der Waals surface area contributed by atoms with Gasteiger partial charge in [-0.1, -0.05) is 24.6 Å². The molecule has 0 aromatic heterocycles. The van der Waals surface area contributed by atoms with Gasteiger partial charge in [-0.15, -0.1) is 0 Å². The largest absolute Gasteiger partial charge is 0.368 e. The molecule has 1 aliphatic heterocycles. The number of rotatable bonds is 7. The number of aryl methyl sites for hydroxylation is 1. The Morgan fingerprint density at radius 2 is 2.00 bits per heavy atom. The zero-order valence-corrected chi connectivity index (χ0v) is 14.6. The van der Waals surface area contributed by atoms with Crippen molar-refractivity contribution in [1.29, 1.82) is 0 Å². The SMILES string of the molecule is CC[C@@H](C(N)=O)N1CC(COS(=O)(=O)c2ccc(C)cc2)CC1=O. The number of benzene rings is 1. The first-order valence-electron chi connectivity index (χ1n) is 7.79. The summed E-state index contributed by atoms with van der Waals surface area (Å²) in [6.45, 7) is 3.80. The molecule has 0 aliphatic carbocycles. The molecule has 2 rings (SSSR count). The maximum Gasteiger partial charge on any atom is 0.296 e. The first-order valence-corrected chi connectivity index (χ1v) is 9.20. The fourth-order valence-electron chi connectivity index (χ4n) is 2.76. The van der Waals surface area contributed by atoms with Gasteiger partial charge in [0.25, 0.3) is 10.1 Å². The van der Waals surface area contributed by atoms with E-state index in [0.29, 0.717) is 6.42 Å². The number of carbonyl (C=O) groups excluding carboxylic acids is 2. The van der Waals surface area contributed by atoms with Gasteiger partial charge in [0, 0.05) is 18.9 Å². The molecule has 1 heterocycles. The van der Waals surface area contributed by atoms with Crippen LogP contribution < -0.4 is 5.73 Å². The highest BCUT2D eigenvalue weighted by Crippen LogP contribution is 2.23. The van der Waals surface area contributed by atoms with Crippen LogP contribution in [0, 0.1) is 12.8 Å². The molecule has 0 spiro atoms. The molecule has 24 heavy (non-hydrogen) atoms. The lowest BCUT2D eigenvalue weighted by Gasteiger charge is -2.24. The molecule has 132 valence electrons. The van der Waals surface area contributed by atoms with Gasteiger partial charge in [0.15, 0.2) is 0 Å². The summed E-state index contributed by atoms with van der Waals surface area (Å²) in [6.07, 6.45) is 0.573. The standard InChI is InChI=1S/C16H22N2O5S/c1-3-14(16(17)20)18-9-12(8-15(18)19)10-23-24(21,22)13-6-4-11(2)5-7-13/h4-7,12,14H,3,8-10H2,1-2H3,(H2,17,20)/t12?,14-/m0/s1. The summed E-state index contributed by atoms with van der Waals surface area (Å²) in [5.41, 5.74) is 6.25. The van der Waals surface area contributed by atoms with Gasteiger partial charge in [-0.25, -0.2) is 0 Å². The second kappa shape index (κ2) is 7.31. The van der Waals surface area contributed by atoms with E-state index in [9.17, 15) is 18.0 Å². The van der Waals surface area contributed by atoms with Crippen molar-refractivity contribution in [2.45, 2.75) is 37.6 Å². The molecule has 0 radical (unpaired) electrons. The van der Waals surface area contributed by atoms with Gasteiger partial charge in [-0.2, -0.15) is 8.42 Å². The lowest BCUT2D eigenvalue weighted by molar-refractivity contribution is -0.136. The minimum Gasteiger partial charge on any atom is -0.368 e. The summed E-state index contributed by atoms with van der Waals surface area (Å²) in [5, 5.41) is 0. The highest BCUT2D eigenvalue weighted by atomic mass is 32.2. The second-order valence-electron chi connectivity index (χ2n) is 5.99. The number of amides is 2. The maximum absolute atomic E-state index is 12.2. The molecule has 2 atom stereocenters. The summed E-state index contributed by atoms with van der Waals surface area (Å²) in [7, 11) is -3.86. The van der Waals surface area contributed by atoms with Crippen molar-refractivity contribution in [1.82, 2.24) is 4.90 Å². The van der Waals surface area contributed by atoms with Crippen LogP contribution in [0.3, 0.4) is 0 Å². The number of hydrogen-bond donors (Lipinski definition) is 1. The topological polar surface area (TPSA) is 107 Å². The van der Waals surface area contributed by atoms with Crippen LogP contribution >= 0.6 is 0 Å².